The minimum Gasteiger partial charge on any atom is -0.379 e. The first-order valence-electron chi connectivity index (χ1n) is 14.8. The smallest absolute Gasteiger partial charge is 0.138 e. The highest BCUT2D eigenvalue weighted by Gasteiger charge is 2.42. The van der Waals surface area contributed by atoms with E-state index in [9.17, 15) is 0 Å². The number of amidine groups is 1. The zero-order valence-electron chi connectivity index (χ0n) is 27.3. The van der Waals surface area contributed by atoms with Crippen molar-refractivity contribution in [3.05, 3.63) is 52.9 Å². The fourth-order valence-electron chi connectivity index (χ4n) is 4.37. The molecule has 2 aliphatic heterocycles. The van der Waals surface area contributed by atoms with E-state index in [1.807, 2.05) is 20.8 Å². The molecule has 0 spiro atoms. The number of rotatable bonds is 6. The number of ether oxygens (including phenoxy) is 2. The lowest BCUT2D eigenvalue weighted by Gasteiger charge is -2.53. The number of hydrogen-bond acceptors (Lipinski definition) is 6. The second kappa shape index (κ2) is 10.4. The predicted octanol–water partition coefficient (Wildman–Crippen LogP) is 5.68. The van der Waals surface area contributed by atoms with Crippen molar-refractivity contribution in [1.82, 2.24) is 9.80 Å². The van der Waals surface area contributed by atoms with Crippen LogP contribution in [0.5, 0.6) is 0 Å². The first-order valence-corrected chi connectivity index (χ1v) is 12.6. The first kappa shape index (κ1) is 18.4. The summed E-state index contributed by atoms with van der Waals surface area (Å²) in [6, 6.07) is -0.468. The molecule has 0 bridgehead atoms. The number of nitrogens with zero attached hydrogens (tertiary/aromatic N) is 3. The Bertz CT molecular complexity index is 1350. The topological polar surface area (TPSA) is 37.3 Å². The van der Waals surface area contributed by atoms with Crippen LogP contribution >= 0.6 is 11.8 Å². The van der Waals surface area contributed by atoms with E-state index in [0.717, 1.165) is 24.9 Å². The number of aliphatic imine (C=N–C) groups is 1. The first-order chi connectivity index (χ1) is 18.7. The molecule has 34 heavy (non-hydrogen) atoms. The van der Waals surface area contributed by atoms with Gasteiger partial charge in [-0.15, -0.1) is 0 Å². The summed E-state index contributed by atoms with van der Waals surface area (Å²) in [5, 5.41) is 0. The number of fused-ring (bicyclic) bond motifs is 2. The minimum absolute atomic E-state index is 0.0365. The molecule has 2 aliphatic rings. The molecule has 0 aliphatic carbocycles. The lowest BCUT2D eigenvalue weighted by Crippen LogP contribution is -2.66. The summed E-state index contributed by atoms with van der Waals surface area (Å²) >= 11 is 1.12. The molecule has 2 atom stereocenters. The molecule has 2 heterocycles. The normalized spacial score (nSPS) is 23.3. The maximum Gasteiger partial charge on any atom is 0.138 e. The molecule has 0 saturated carbocycles. The summed E-state index contributed by atoms with van der Waals surface area (Å²) in [7, 11) is 1.67. The van der Waals surface area contributed by atoms with E-state index < -0.39 is 5.54 Å². The van der Waals surface area contributed by atoms with Gasteiger partial charge in [0.1, 0.15) is 5.84 Å². The van der Waals surface area contributed by atoms with Crippen molar-refractivity contribution in [3.8, 4) is 0 Å². The van der Waals surface area contributed by atoms with Crippen molar-refractivity contribution < 1.29 is 17.7 Å². The van der Waals surface area contributed by atoms with E-state index in [1.54, 1.807) is 7.11 Å². The second-order valence-corrected chi connectivity index (χ2v) is 10.6. The number of methoxy groups -OCH3 is 1. The number of hydrogen-bond donors (Lipinski definition) is 0. The summed E-state index contributed by atoms with van der Waals surface area (Å²) < 4.78 is 63.0. The number of benzene rings is 2. The summed E-state index contributed by atoms with van der Waals surface area (Å²) in [5.74, 6) is 0.481. The standard InChI is InChI=1S/C28H39N3O2S/c1-19-16-23-26(17-20(19)2)34-25-11-9-8-10-24(25)29-27(23)31-13-12-30(22(4)28(31,5)6)14-15-33-18-21(3)32-7/h8-11,16-17,21-22H,12-15,18H2,1-7H3/i8D,9D,10D,11D,16D,17D. The van der Waals surface area contributed by atoms with Gasteiger partial charge in [-0.05, 0) is 76.8 Å². The molecule has 0 N–H and O–H groups in total. The lowest BCUT2D eigenvalue weighted by atomic mass is 9.88. The third kappa shape index (κ3) is 5.06. The molecule has 2 aromatic carbocycles. The third-order valence-corrected chi connectivity index (χ3v) is 8.10. The zero-order valence-corrected chi connectivity index (χ0v) is 22.1. The van der Waals surface area contributed by atoms with Gasteiger partial charge in [0.25, 0.3) is 0 Å². The van der Waals surface area contributed by atoms with Gasteiger partial charge in [-0.3, -0.25) is 4.90 Å². The van der Waals surface area contributed by atoms with Crippen LogP contribution in [-0.2, 0) is 9.47 Å². The average molecular weight is 488 g/mol. The van der Waals surface area contributed by atoms with Crippen molar-refractivity contribution in [3.63, 3.8) is 0 Å². The average Bonchev–Trinajstić information content (AvgIpc) is 3.10. The molecular formula is C28H39N3O2S. The maximum absolute atomic E-state index is 9.13. The molecule has 2 unspecified atom stereocenters. The van der Waals surface area contributed by atoms with Crippen LogP contribution < -0.4 is 0 Å². The van der Waals surface area contributed by atoms with Crippen LogP contribution in [0.3, 0.4) is 0 Å². The van der Waals surface area contributed by atoms with E-state index in [1.165, 1.54) is 0 Å². The Balaban J connectivity index is 1.82. The van der Waals surface area contributed by atoms with Crippen molar-refractivity contribution in [2.75, 3.05) is 40.0 Å². The maximum atomic E-state index is 9.13. The van der Waals surface area contributed by atoms with Crippen LogP contribution in [0, 0.1) is 13.8 Å². The quantitative estimate of drug-likeness (QED) is 0.490. The Kier molecular flexibility index (Phi) is 5.64. The van der Waals surface area contributed by atoms with E-state index >= 15 is 0 Å². The highest BCUT2D eigenvalue weighted by molar-refractivity contribution is 7.99. The van der Waals surface area contributed by atoms with E-state index in [-0.39, 0.29) is 59.0 Å². The fourth-order valence-corrected chi connectivity index (χ4v) is 5.32. The number of para-hydroxylation sites is 1. The van der Waals surface area contributed by atoms with Crippen LogP contribution in [0.1, 0.15) is 52.6 Å². The Morgan fingerprint density at radius 1 is 1.18 bits per heavy atom. The van der Waals surface area contributed by atoms with Crippen LogP contribution in [-0.4, -0.2) is 73.3 Å². The van der Waals surface area contributed by atoms with Crippen LogP contribution in [0.15, 0.2) is 51.0 Å². The van der Waals surface area contributed by atoms with Gasteiger partial charge in [0, 0.05) is 48.1 Å². The van der Waals surface area contributed by atoms with E-state index in [0.29, 0.717) is 47.2 Å². The Hall–Kier alpha value is -1.86. The van der Waals surface area contributed by atoms with Gasteiger partial charge in [-0.25, -0.2) is 4.99 Å². The molecule has 2 aromatic rings. The van der Waals surface area contributed by atoms with Crippen molar-refractivity contribution in [2.45, 2.75) is 69.0 Å². The molecule has 0 radical (unpaired) electrons. The Labute approximate surface area is 218 Å². The summed E-state index contributed by atoms with van der Waals surface area (Å²) in [6.45, 7) is 15.2. The third-order valence-electron chi connectivity index (χ3n) is 7.09. The molecular weight excluding hydrogens is 442 g/mol. The largest absolute Gasteiger partial charge is 0.379 e. The molecule has 6 heteroatoms. The van der Waals surface area contributed by atoms with Gasteiger partial charge in [-0.2, -0.15) is 0 Å². The Morgan fingerprint density at radius 3 is 2.68 bits per heavy atom. The molecule has 0 amide bonds. The van der Waals surface area contributed by atoms with Gasteiger partial charge in [-0.1, -0.05) is 23.8 Å². The number of piperazine rings is 1. The van der Waals surface area contributed by atoms with Crippen LogP contribution in [0.2, 0.25) is 0 Å². The highest BCUT2D eigenvalue weighted by Crippen LogP contribution is 2.43. The molecule has 0 aromatic heterocycles. The van der Waals surface area contributed by atoms with Gasteiger partial charge in [0.15, 0.2) is 0 Å². The molecule has 1 saturated heterocycles. The summed E-state index contributed by atoms with van der Waals surface area (Å²) in [6.07, 6.45) is 0.0365. The van der Waals surface area contributed by atoms with E-state index in [2.05, 4.69) is 30.6 Å². The van der Waals surface area contributed by atoms with Gasteiger partial charge in [0.2, 0.25) is 0 Å². The summed E-state index contributed by atoms with van der Waals surface area (Å²) in [5.41, 5.74) is 1.58. The van der Waals surface area contributed by atoms with Gasteiger partial charge < -0.3 is 14.4 Å². The highest BCUT2D eigenvalue weighted by atomic mass is 32.2. The second-order valence-electron chi connectivity index (χ2n) is 9.56. The fraction of sp³-hybridized carbons (Fsp3) is 0.536. The van der Waals surface area contributed by atoms with Crippen molar-refractivity contribution in [1.29, 1.82) is 0 Å². The van der Waals surface area contributed by atoms with Gasteiger partial charge in [0.05, 0.1) is 38.8 Å². The SMILES string of the molecule is [2H]c1c([2H])c([2H])c2c(c1[2H])N=C(N1CCN(CCOCC(C)OC)C(C)C1(C)C)c1c([2H])c(C)c(C)c([2H])c1S2. The molecule has 184 valence electrons. The van der Waals surface area contributed by atoms with Crippen molar-refractivity contribution >= 4 is 23.3 Å². The molecule has 5 nitrogen and oxygen atoms in total. The molecule has 4 rings (SSSR count). The lowest BCUT2D eigenvalue weighted by molar-refractivity contribution is -0.0194. The zero-order chi connectivity index (χ0) is 29.7. The van der Waals surface area contributed by atoms with E-state index in [4.69, 9.17) is 22.7 Å². The minimum atomic E-state index is -0.456. The Morgan fingerprint density at radius 2 is 1.91 bits per heavy atom. The van der Waals surface area contributed by atoms with Crippen LogP contribution in [0.4, 0.5) is 5.69 Å². The van der Waals surface area contributed by atoms with Crippen LogP contribution in [0.25, 0.3) is 0 Å². The summed E-state index contributed by atoms with van der Waals surface area (Å²) in [4.78, 5) is 10.3. The van der Waals surface area contributed by atoms with Crippen molar-refractivity contribution in [2.24, 2.45) is 4.99 Å². The predicted molar refractivity (Wildman–Crippen MR) is 142 cm³/mol. The van der Waals surface area contributed by atoms with Gasteiger partial charge >= 0.3 is 0 Å². The molecule has 1 fully saturated rings. The monoisotopic (exact) mass is 487 g/mol.